The van der Waals surface area contributed by atoms with Gasteiger partial charge in [0.1, 0.15) is 102 Å². The van der Waals surface area contributed by atoms with Crippen molar-refractivity contribution in [3.8, 4) is 0 Å². The summed E-state index contributed by atoms with van der Waals surface area (Å²) in [7, 11) is -31.3. The highest BCUT2D eigenvalue weighted by Crippen LogP contribution is 2.59. The maximum Gasteiger partial charge on any atom is 0.481 e. The fourth-order valence-electron chi connectivity index (χ4n) is 14.4. The lowest BCUT2D eigenvalue weighted by Gasteiger charge is -2.22. The Hall–Kier alpha value is -11.4. The molecule has 0 aliphatic carbocycles. The van der Waals surface area contributed by atoms with Gasteiger partial charge in [0.05, 0.1) is 37.0 Å². The second-order valence-electron chi connectivity index (χ2n) is 30.2. The van der Waals surface area contributed by atoms with Gasteiger partial charge in [0.2, 0.25) is 23.2 Å². The number of phosphoric ester groups is 2. The number of aromatic nitrogens is 10. The second-order valence-corrected chi connectivity index (χ2v) is 38.6. The SMILES string of the molecule is CCN(CC)c1ccc2cc(/C=C/c3ccc(S(=O)(=O)[O-])c[n+]3CCCCCC(=O)NCCNC(=O)O[C@@H]3[C@H](O)[C@@H](COP(=O)(O)OP(=O)(O)O)O[C@H]3n3cnc4c(N)ncnc43)c(=O)oc2c1.CCN(CC)c1ccc2cc(/C=C/c3ccc(S(=O)(=O)[O-])c[n+]3CCCCCC(=O)NCCNC(=O)O[C@H]3[C@@H](O)[C@H](n4cnc5c(N)ncnc54)O[C@@H]3COP(=O)(O)OP(=O)(O)O)c(=O)oc2c1. The number of ether oxygens (including phenoxy) is 4. The van der Waals surface area contributed by atoms with Crippen molar-refractivity contribution in [2.75, 3.05) is 86.8 Å². The first-order chi connectivity index (χ1) is 64.3. The highest BCUT2D eigenvalue weighted by Gasteiger charge is 2.51. The lowest BCUT2D eigenvalue weighted by atomic mass is 10.1. The normalized spacial score (nSPS) is 18.5. The van der Waals surface area contributed by atoms with E-state index in [1.807, 2.05) is 64.1 Å². The molecule has 2 unspecified atom stereocenters. The third-order valence-corrected chi connectivity index (χ3v) is 26.9. The topological polar surface area (TPSA) is 749 Å². The molecule has 10 heterocycles. The molecule has 10 aromatic rings. The third kappa shape index (κ3) is 28.9. The Morgan fingerprint density at radius 1 is 0.515 bits per heavy atom. The van der Waals surface area contributed by atoms with Crippen molar-refractivity contribution in [2.45, 2.75) is 151 Å². The van der Waals surface area contributed by atoms with Crippen molar-refractivity contribution in [1.82, 2.24) is 60.3 Å². The Morgan fingerprint density at radius 3 is 1.34 bits per heavy atom. The minimum absolute atomic E-state index is 0.00384. The minimum atomic E-state index is -5.49. The number of pyridine rings is 2. The fourth-order valence-corrected chi connectivity index (χ4v) is 18.5. The number of carbonyl (C=O) groups excluding carboxylic acids is 4. The number of nitrogens with zero attached hydrogens (tertiary/aromatic N) is 12. The summed E-state index contributed by atoms with van der Waals surface area (Å²) in [6.07, 6.45) is 1.55. The molecule has 2 saturated heterocycles. The first kappa shape index (κ1) is 105. The highest BCUT2D eigenvalue weighted by molar-refractivity contribution is 7.86. The molecule has 16 N–H and O–H groups in total. The molecule has 58 heteroatoms. The van der Waals surface area contributed by atoms with Crippen LogP contribution in [0.2, 0.25) is 0 Å². The van der Waals surface area contributed by atoms with E-state index in [0.29, 0.717) is 71.9 Å². The van der Waals surface area contributed by atoms with Crippen LogP contribution in [0.3, 0.4) is 0 Å². The number of hydrogen-bond acceptors (Lipinski definition) is 38. The van der Waals surface area contributed by atoms with Gasteiger partial charge in [0.15, 0.2) is 60.0 Å². The molecule has 4 amide bonds. The van der Waals surface area contributed by atoms with Crippen LogP contribution in [0.1, 0.15) is 114 Å². The van der Waals surface area contributed by atoms with E-state index in [1.54, 1.807) is 45.6 Å². The molecule has 2 aliphatic rings. The van der Waals surface area contributed by atoms with E-state index in [-0.39, 0.29) is 109 Å². The summed E-state index contributed by atoms with van der Waals surface area (Å²) in [5.74, 6) is -0.734. The Kier molecular flexibility index (Phi) is 35.7. The largest absolute Gasteiger partial charge is 0.744 e. The average molecular weight is 2020 g/mol. The van der Waals surface area contributed by atoms with Crippen LogP contribution in [-0.2, 0) is 97.8 Å². The number of nitrogen functional groups attached to an aromatic ring is 2. The molecular formula is C78H98N18O34P4S2. The van der Waals surface area contributed by atoms with Gasteiger partial charge in [-0.2, -0.15) is 17.8 Å². The summed E-state index contributed by atoms with van der Waals surface area (Å²) in [5.41, 5.74) is 15.2. The number of nitrogens with one attached hydrogen (secondary N) is 4. The second kappa shape index (κ2) is 46.2. The Bertz CT molecular complexity index is 6640. The number of hydrogen-bond donors (Lipinski definition) is 14. The van der Waals surface area contributed by atoms with Gasteiger partial charge in [-0.05, 0) is 114 Å². The zero-order valence-corrected chi connectivity index (χ0v) is 78.0. The summed E-state index contributed by atoms with van der Waals surface area (Å²) in [4.78, 5) is 159. The van der Waals surface area contributed by atoms with Crippen LogP contribution in [0.25, 0.3) is 68.6 Å². The number of aliphatic hydroxyl groups is 2. The molecule has 736 valence electrons. The van der Waals surface area contributed by atoms with E-state index in [9.17, 15) is 93.0 Å². The molecule has 0 spiro atoms. The third-order valence-electron chi connectivity index (χ3n) is 21.0. The molecule has 10 atom stereocenters. The van der Waals surface area contributed by atoms with Gasteiger partial charge in [0.25, 0.3) is 0 Å². The fraction of sp³-hybridized carbons (Fsp3) is 0.410. The van der Waals surface area contributed by atoms with Crippen LogP contribution in [0.5, 0.6) is 0 Å². The number of anilines is 4. The zero-order chi connectivity index (χ0) is 98.8. The van der Waals surface area contributed by atoms with E-state index in [4.69, 9.17) is 58.8 Å². The van der Waals surface area contributed by atoms with Crippen molar-refractivity contribution in [1.29, 1.82) is 0 Å². The molecule has 2 fully saturated rings. The van der Waals surface area contributed by atoms with Crippen LogP contribution in [0.4, 0.5) is 32.6 Å². The smallest absolute Gasteiger partial charge is 0.481 e. The molecule has 52 nitrogen and oxygen atoms in total. The van der Waals surface area contributed by atoms with Gasteiger partial charge < -0.3 is 119 Å². The maximum absolute atomic E-state index is 12.9. The number of unbranched alkanes of at least 4 members (excludes halogenated alkanes) is 4. The van der Waals surface area contributed by atoms with Crippen molar-refractivity contribution < 1.29 is 158 Å². The lowest BCUT2D eigenvalue weighted by Crippen LogP contribution is -2.42. The monoisotopic (exact) mass is 2020 g/mol. The predicted molar refractivity (Wildman–Crippen MR) is 476 cm³/mol. The first-order valence-corrected chi connectivity index (χ1v) is 50.6. The number of nitrogens with two attached hydrogens (primary N) is 2. The highest BCUT2D eigenvalue weighted by atomic mass is 32.2. The summed E-state index contributed by atoms with van der Waals surface area (Å²) in [6.45, 7) is 9.41. The van der Waals surface area contributed by atoms with Gasteiger partial charge in [-0.15, -0.1) is 0 Å². The lowest BCUT2D eigenvalue weighted by molar-refractivity contribution is -0.701. The number of benzene rings is 2. The van der Waals surface area contributed by atoms with Crippen LogP contribution in [0, 0.1) is 0 Å². The van der Waals surface area contributed by atoms with E-state index in [2.05, 4.69) is 78.6 Å². The number of aliphatic hydroxyl groups excluding tert-OH is 2. The van der Waals surface area contributed by atoms with E-state index in [0.717, 1.165) is 50.2 Å². The van der Waals surface area contributed by atoms with E-state index in [1.165, 1.54) is 58.4 Å². The van der Waals surface area contributed by atoms with Crippen molar-refractivity contribution in [3.05, 3.63) is 154 Å². The summed E-state index contributed by atoms with van der Waals surface area (Å²) in [6, 6.07) is 19.9. The molecular weight excluding hydrogens is 1920 g/mol. The number of phosphoric acid groups is 4. The molecule has 2 aromatic carbocycles. The minimum Gasteiger partial charge on any atom is -0.744 e. The summed E-state index contributed by atoms with van der Waals surface area (Å²) in [5, 5.41) is 33.8. The molecule has 2 aliphatic heterocycles. The zero-order valence-electron chi connectivity index (χ0n) is 72.8. The van der Waals surface area contributed by atoms with Crippen LogP contribution in [0.15, 0.2) is 139 Å². The number of alkyl carbamates (subject to hydrolysis) is 2. The number of carbonyl (C=O) groups is 4. The number of imidazole rings is 2. The van der Waals surface area contributed by atoms with E-state index >= 15 is 0 Å². The number of amides is 4. The molecule has 8 aromatic heterocycles. The maximum atomic E-state index is 12.9. The predicted octanol–water partition coefficient (Wildman–Crippen LogP) is 3.36. The molecule has 136 heavy (non-hydrogen) atoms. The standard InChI is InChI=1S/2C39H49N9O17P2S/c1-3-46(4-2)27-12-9-24-18-25(38(51)63-29(24)19-27)10-11-26-13-14-28(68(58,59)60)20-47(26)17-7-5-6-8-31(49)41-15-16-42-39(52)64-34-30(21-61-67(56,57)65-66(53,54)55)62-37(33(34)50)48-23-45-32-35(40)43-22-44-36(32)48;1-3-46(4-2)27-12-9-24-18-25(38(51)63-29(24)19-27)10-11-26-13-14-28(68(58,59)60)20-47(26)17-7-5-6-8-31(49)41-15-16-42-39(52)64-34-33(50)30(21-61-67(56,57)65-66(53,54)55)62-37(34)48-23-45-32-35(40)43-22-44-36(32)48/h2*9-14,18-20,22-23,30,33-34,37,50H,3-8,15-17,21H2,1-2H3,(H7-,40,41,42,43,44,49,52,53,54,55,56,57,58,59,60)/t2*30-,33-,34-,37-/m11/s1. The summed E-state index contributed by atoms with van der Waals surface area (Å²) < 4.78 is 174. The van der Waals surface area contributed by atoms with Gasteiger partial charge in [-0.1, -0.05) is 0 Å². The molecule has 0 radical (unpaired) electrons. The van der Waals surface area contributed by atoms with E-state index < -0.39 is 147 Å². The number of fused-ring (bicyclic) bond motifs is 4. The van der Waals surface area contributed by atoms with Gasteiger partial charge in [-0.25, -0.2) is 84.2 Å². The van der Waals surface area contributed by atoms with Gasteiger partial charge in [0, 0.05) is 137 Å². The quantitative estimate of drug-likeness (QED) is 0.00856. The molecule has 12 rings (SSSR count). The van der Waals surface area contributed by atoms with Crippen LogP contribution >= 0.6 is 31.3 Å². The van der Waals surface area contributed by atoms with Crippen LogP contribution in [-0.4, -0.2) is 231 Å². The Morgan fingerprint density at radius 2 is 0.919 bits per heavy atom. The Balaban J connectivity index is 0.000000261. The van der Waals surface area contributed by atoms with Crippen molar-refractivity contribution in [3.63, 3.8) is 0 Å². The number of rotatable bonds is 44. The Labute approximate surface area is 772 Å². The number of aryl methyl sites for hydroxylation is 2. The van der Waals surface area contributed by atoms with Crippen molar-refractivity contribution >= 4 is 167 Å². The molecule has 0 saturated carbocycles. The van der Waals surface area contributed by atoms with Gasteiger partial charge >= 0.3 is 54.7 Å². The average Bonchev–Trinajstić information content (AvgIpc) is 1.60. The van der Waals surface area contributed by atoms with Gasteiger partial charge in [-0.3, -0.25) is 27.8 Å². The van der Waals surface area contributed by atoms with Crippen LogP contribution < -0.4 is 62.9 Å². The molecule has 0 bridgehead atoms. The summed E-state index contributed by atoms with van der Waals surface area (Å²) >= 11 is 0. The van der Waals surface area contributed by atoms with Crippen molar-refractivity contribution in [2.24, 2.45) is 0 Å². The first-order valence-electron chi connectivity index (χ1n) is 41.8.